The molecule has 2 amide bonds. The van der Waals surface area contributed by atoms with Crippen LogP contribution in [0, 0.1) is 17.5 Å². The fourth-order valence-electron chi connectivity index (χ4n) is 5.37. The zero-order valence-corrected chi connectivity index (χ0v) is 22.1. The molecule has 0 saturated carbocycles. The van der Waals surface area contributed by atoms with Crippen LogP contribution in [-0.2, 0) is 11.2 Å². The number of amides is 2. The fraction of sp³-hybridized carbons (Fsp3) is 0.333. The SMILES string of the molecule is COc1cc(C(=O)NC2COC3(CCN(C(=O)c4ccc(Cc5ccc(F)cc5)cc4)C3)C2)c(F)c(OC)c1F. The molecule has 3 aromatic rings. The topological polar surface area (TPSA) is 77.1 Å². The standard InChI is InChI=1S/C30H29F3N2O5/c1-38-24-14-23(25(32)27(39-2)26(24)33)28(36)34-22-15-30(40-16-22)11-12-35(17-30)29(37)20-7-3-18(4-8-20)13-19-5-9-21(31)10-6-19/h3-10,14,22H,11-13,15-17H2,1-2H3,(H,34,36). The third-order valence-electron chi connectivity index (χ3n) is 7.47. The Morgan fingerprint density at radius 3 is 2.33 bits per heavy atom. The molecule has 1 spiro atoms. The highest BCUT2D eigenvalue weighted by atomic mass is 19.1. The Labute approximate surface area is 229 Å². The van der Waals surface area contributed by atoms with Crippen molar-refractivity contribution in [2.75, 3.05) is 33.9 Å². The third kappa shape index (κ3) is 5.49. The monoisotopic (exact) mass is 554 g/mol. The van der Waals surface area contributed by atoms with Crippen LogP contribution in [0.3, 0.4) is 0 Å². The molecule has 0 bridgehead atoms. The molecule has 2 saturated heterocycles. The first-order valence-corrected chi connectivity index (χ1v) is 12.9. The van der Waals surface area contributed by atoms with E-state index in [2.05, 4.69) is 5.32 Å². The predicted octanol–water partition coefficient (Wildman–Crippen LogP) is 4.52. The van der Waals surface area contributed by atoms with Gasteiger partial charge >= 0.3 is 0 Å². The number of hydrogen-bond donors (Lipinski definition) is 1. The third-order valence-corrected chi connectivity index (χ3v) is 7.47. The summed E-state index contributed by atoms with van der Waals surface area (Å²) in [7, 11) is 2.31. The highest BCUT2D eigenvalue weighted by Gasteiger charge is 2.47. The molecule has 1 N–H and O–H groups in total. The number of rotatable bonds is 7. The predicted molar refractivity (Wildman–Crippen MR) is 140 cm³/mol. The van der Waals surface area contributed by atoms with Crippen molar-refractivity contribution in [2.45, 2.75) is 30.9 Å². The molecule has 40 heavy (non-hydrogen) atoms. The van der Waals surface area contributed by atoms with Gasteiger partial charge < -0.3 is 24.4 Å². The van der Waals surface area contributed by atoms with Crippen LogP contribution >= 0.6 is 0 Å². The van der Waals surface area contributed by atoms with Crippen molar-refractivity contribution < 1.29 is 37.0 Å². The number of hydrogen-bond acceptors (Lipinski definition) is 5. The molecule has 10 heteroatoms. The highest BCUT2D eigenvalue weighted by molar-refractivity contribution is 5.96. The van der Waals surface area contributed by atoms with Crippen LogP contribution in [0.1, 0.15) is 44.7 Å². The molecule has 2 aliphatic rings. The Bertz CT molecular complexity index is 1410. The van der Waals surface area contributed by atoms with Crippen LogP contribution in [0.2, 0.25) is 0 Å². The molecular formula is C30H29F3N2O5. The summed E-state index contributed by atoms with van der Waals surface area (Å²) in [5.74, 6) is -4.29. The van der Waals surface area contributed by atoms with Crippen molar-refractivity contribution in [1.29, 1.82) is 0 Å². The van der Waals surface area contributed by atoms with Crippen molar-refractivity contribution in [1.82, 2.24) is 10.2 Å². The van der Waals surface area contributed by atoms with Gasteiger partial charge in [-0.1, -0.05) is 24.3 Å². The maximum Gasteiger partial charge on any atom is 0.254 e. The number of carbonyl (C=O) groups excluding carboxylic acids is 2. The van der Waals surface area contributed by atoms with Crippen molar-refractivity contribution >= 4 is 11.8 Å². The van der Waals surface area contributed by atoms with E-state index >= 15 is 0 Å². The van der Waals surface area contributed by atoms with E-state index in [0.29, 0.717) is 37.9 Å². The number of carbonyl (C=O) groups is 2. The summed E-state index contributed by atoms with van der Waals surface area (Å²) in [6, 6.07) is 14.2. The normalized spacial score (nSPS) is 20.1. The fourth-order valence-corrected chi connectivity index (χ4v) is 5.37. The maximum atomic E-state index is 14.7. The average molecular weight is 555 g/mol. The van der Waals surface area contributed by atoms with E-state index < -0.39 is 40.5 Å². The van der Waals surface area contributed by atoms with Gasteiger partial charge in [0.25, 0.3) is 11.8 Å². The summed E-state index contributed by atoms with van der Waals surface area (Å²) in [6.45, 7) is 1.06. The number of methoxy groups -OCH3 is 2. The lowest BCUT2D eigenvalue weighted by Gasteiger charge is -2.23. The van der Waals surface area contributed by atoms with Crippen LogP contribution in [0.25, 0.3) is 0 Å². The lowest BCUT2D eigenvalue weighted by Crippen LogP contribution is -2.39. The summed E-state index contributed by atoms with van der Waals surface area (Å²) < 4.78 is 57.9. The highest BCUT2D eigenvalue weighted by Crippen LogP contribution is 2.37. The Morgan fingerprint density at radius 1 is 1.00 bits per heavy atom. The van der Waals surface area contributed by atoms with Gasteiger partial charge in [-0.05, 0) is 54.3 Å². The number of halogens is 3. The Hall–Kier alpha value is -4.05. The second kappa shape index (κ2) is 11.2. The Kier molecular flexibility index (Phi) is 7.71. The minimum Gasteiger partial charge on any atom is -0.494 e. The van der Waals surface area contributed by atoms with E-state index in [-0.39, 0.29) is 24.1 Å². The van der Waals surface area contributed by atoms with E-state index in [9.17, 15) is 22.8 Å². The van der Waals surface area contributed by atoms with Crippen molar-refractivity contribution in [3.63, 3.8) is 0 Å². The first-order chi connectivity index (χ1) is 19.2. The quantitative estimate of drug-likeness (QED) is 0.465. The second-order valence-corrected chi connectivity index (χ2v) is 10.1. The number of nitrogens with one attached hydrogen (secondary N) is 1. The number of likely N-dealkylation sites (tertiary alicyclic amines) is 1. The maximum absolute atomic E-state index is 14.7. The molecule has 2 aliphatic heterocycles. The molecule has 2 atom stereocenters. The van der Waals surface area contributed by atoms with Crippen LogP contribution in [0.5, 0.6) is 11.5 Å². The van der Waals surface area contributed by atoms with Crippen molar-refractivity contribution in [2.24, 2.45) is 0 Å². The van der Waals surface area contributed by atoms with E-state index in [1.54, 1.807) is 29.2 Å². The number of nitrogens with zero attached hydrogens (tertiary/aromatic N) is 1. The van der Waals surface area contributed by atoms with Gasteiger partial charge in [-0.15, -0.1) is 0 Å². The molecule has 210 valence electrons. The average Bonchev–Trinajstić information content (AvgIpc) is 3.56. The van der Waals surface area contributed by atoms with Crippen molar-refractivity contribution in [3.8, 4) is 11.5 Å². The van der Waals surface area contributed by atoms with Gasteiger partial charge in [0.05, 0.1) is 44.6 Å². The molecule has 5 rings (SSSR count). The summed E-state index contributed by atoms with van der Waals surface area (Å²) >= 11 is 0. The van der Waals surface area contributed by atoms with Crippen molar-refractivity contribution in [3.05, 3.63) is 94.3 Å². The van der Waals surface area contributed by atoms with E-state index in [1.165, 1.54) is 19.2 Å². The van der Waals surface area contributed by atoms with Gasteiger partial charge in [0.1, 0.15) is 5.82 Å². The molecule has 7 nitrogen and oxygen atoms in total. The largest absolute Gasteiger partial charge is 0.494 e. The van der Waals surface area contributed by atoms with Gasteiger partial charge in [-0.25, -0.2) is 8.78 Å². The molecule has 0 radical (unpaired) electrons. The summed E-state index contributed by atoms with van der Waals surface area (Å²) in [6.07, 6.45) is 1.67. The van der Waals surface area contributed by atoms with Gasteiger partial charge in [0, 0.05) is 18.5 Å². The van der Waals surface area contributed by atoms with E-state index in [1.807, 2.05) is 12.1 Å². The minimum atomic E-state index is -1.12. The molecule has 0 aromatic heterocycles. The Balaban J connectivity index is 1.19. The molecule has 2 unspecified atom stereocenters. The zero-order chi connectivity index (χ0) is 28.4. The molecule has 2 heterocycles. The van der Waals surface area contributed by atoms with Crippen LogP contribution in [-0.4, -0.2) is 62.3 Å². The molecule has 2 fully saturated rings. The van der Waals surface area contributed by atoms with Gasteiger partial charge in [-0.3, -0.25) is 9.59 Å². The minimum absolute atomic E-state index is 0.117. The van der Waals surface area contributed by atoms with E-state index in [0.717, 1.165) is 24.3 Å². The molecular weight excluding hydrogens is 525 g/mol. The molecule has 0 aliphatic carbocycles. The van der Waals surface area contributed by atoms with Gasteiger partial charge in [0.15, 0.2) is 17.3 Å². The second-order valence-electron chi connectivity index (χ2n) is 10.1. The van der Waals surface area contributed by atoms with Crippen LogP contribution in [0.4, 0.5) is 13.2 Å². The number of benzene rings is 3. The lowest BCUT2D eigenvalue weighted by atomic mass is 9.97. The van der Waals surface area contributed by atoms with Gasteiger partial charge in [0.2, 0.25) is 5.82 Å². The summed E-state index contributed by atoms with van der Waals surface area (Å²) in [4.78, 5) is 27.8. The zero-order valence-electron chi connectivity index (χ0n) is 22.1. The first-order valence-electron chi connectivity index (χ1n) is 12.9. The molecule has 3 aromatic carbocycles. The van der Waals surface area contributed by atoms with Crippen LogP contribution in [0.15, 0.2) is 54.6 Å². The number of ether oxygens (including phenoxy) is 3. The van der Waals surface area contributed by atoms with Gasteiger partial charge in [-0.2, -0.15) is 4.39 Å². The smallest absolute Gasteiger partial charge is 0.254 e. The summed E-state index contributed by atoms with van der Waals surface area (Å²) in [5.41, 5.74) is 1.51. The van der Waals surface area contributed by atoms with Crippen LogP contribution < -0.4 is 14.8 Å². The Morgan fingerprint density at radius 2 is 1.68 bits per heavy atom. The lowest BCUT2D eigenvalue weighted by molar-refractivity contribution is 0.0121. The first kappa shape index (κ1) is 27.5. The van der Waals surface area contributed by atoms with E-state index in [4.69, 9.17) is 14.2 Å². The summed E-state index contributed by atoms with van der Waals surface area (Å²) in [5, 5.41) is 2.75.